The number of rotatable bonds is 6. The van der Waals surface area contributed by atoms with Crippen LogP contribution in [-0.2, 0) is 4.79 Å². The number of hydrogen-bond acceptors (Lipinski definition) is 3. The van der Waals surface area contributed by atoms with Gasteiger partial charge >= 0.3 is 0 Å². The topological polar surface area (TPSA) is 60.0 Å². The molecule has 142 valence electrons. The largest absolute Gasteiger partial charge is 0.368 e. The van der Waals surface area contributed by atoms with Crippen LogP contribution < -0.4 is 15.5 Å². The predicted molar refractivity (Wildman–Crippen MR) is 107 cm³/mol. The molecule has 2 N–H and O–H groups in total. The van der Waals surface area contributed by atoms with Crippen LogP contribution >= 0.6 is 11.6 Å². The molecule has 3 rings (SSSR count). The van der Waals surface area contributed by atoms with Crippen molar-refractivity contribution in [2.75, 3.05) is 50.7 Å². The second-order valence-electron chi connectivity index (χ2n) is 6.75. The molecule has 2 aliphatic rings. The first-order valence-electron chi connectivity index (χ1n) is 9.49. The standard InChI is InChI=1S/C19H28ClN5O/c1-2-21-19(23-9-8-22-18(26)15-6-7-15)25-12-10-24(11-13-25)17-5-3-4-16(20)14-17/h3-5,14-15H,2,6-13H2,1H3,(H,21,23)(H,22,26). The minimum atomic E-state index is 0.181. The Kier molecular flexibility index (Phi) is 6.61. The Hall–Kier alpha value is -1.95. The van der Waals surface area contributed by atoms with Crippen LogP contribution in [0.4, 0.5) is 5.69 Å². The molecule has 0 atom stereocenters. The van der Waals surface area contributed by atoms with E-state index in [4.69, 9.17) is 11.6 Å². The zero-order valence-electron chi connectivity index (χ0n) is 15.4. The number of anilines is 1. The molecule has 0 aromatic heterocycles. The molecule has 1 saturated carbocycles. The van der Waals surface area contributed by atoms with Crippen molar-refractivity contribution in [3.63, 3.8) is 0 Å². The normalized spacial score (nSPS) is 18.0. The van der Waals surface area contributed by atoms with Crippen molar-refractivity contribution < 1.29 is 4.79 Å². The molecule has 1 aromatic rings. The van der Waals surface area contributed by atoms with Crippen LogP contribution in [0.1, 0.15) is 19.8 Å². The van der Waals surface area contributed by atoms with Gasteiger partial charge in [-0.25, -0.2) is 0 Å². The molecule has 0 bridgehead atoms. The van der Waals surface area contributed by atoms with E-state index >= 15 is 0 Å². The molecule has 1 aliphatic heterocycles. The molecule has 1 amide bonds. The van der Waals surface area contributed by atoms with Gasteiger partial charge in [-0.2, -0.15) is 0 Å². The van der Waals surface area contributed by atoms with Crippen molar-refractivity contribution in [2.45, 2.75) is 19.8 Å². The molecule has 2 fully saturated rings. The summed E-state index contributed by atoms with van der Waals surface area (Å²) in [5.74, 6) is 1.37. The summed E-state index contributed by atoms with van der Waals surface area (Å²) in [5, 5.41) is 7.10. The van der Waals surface area contributed by atoms with Gasteiger partial charge in [0.25, 0.3) is 0 Å². The highest BCUT2D eigenvalue weighted by molar-refractivity contribution is 6.30. The van der Waals surface area contributed by atoms with Crippen molar-refractivity contribution >= 4 is 29.2 Å². The first-order valence-corrected chi connectivity index (χ1v) is 9.86. The molecule has 1 aliphatic carbocycles. The highest BCUT2D eigenvalue weighted by atomic mass is 35.5. The third-order valence-corrected chi connectivity index (χ3v) is 4.94. The number of amides is 1. The lowest BCUT2D eigenvalue weighted by Crippen LogP contribution is -2.52. The van der Waals surface area contributed by atoms with E-state index in [1.165, 1.54) is 5.69 Å². The third-order valence-electron chi connectivity index (χ3n) is 4.71. The SMILES string of the molecule is CCNC(=NCCNC(=O)C1CC1)N1CCN(c2cccc(Cl)c2)CC1. The van der Waals surface area contributed by atoms with Gasteiger partial charge < -0.3 is 20.4 Å². The van der Waals surface area contributed by atoms with Gasteiger partial charge in [-0.3, -0.25) is 9.79 Å². The lowest BCUT2D eigenvalue weighted by Gasteiger charge is -2.37. The van der Waals surface area contributed by atoms with Crippen LogP contribution in [0.15, 0.2) is 29.3 Å². The maximum absolute atomic E-state index is 11.7. The summed E-state index contributed by atoms with van der Waals surface area (Å²) < 4.78 is 0. The van der Waals surface area contributed by atoms with Crippen molar-refractivity contribution in [3.8, 4) is 0 Å². The lowest BCUT2D eigenvalue weighted by molar-refractivity contribution is -0.122. The fourth-order valence-corrected chi connectivity index (χ4v) is 3.29. The zero-order valence-corrected chi connectivity index (χ0v) is 16.1. The van der Waals surface area contributed by atoms with E-state index in [0.29, 0.717) is 13.1 Å². The fourth-order valence-electron chi connectivity index (χ4n) is 3.11. The Bertz CT molecular complexity index is 639. The number of benzene rings is 1. The monoisotopic (exact) mass is 377 g/mol. The third kappa shape index (κ3) is 5.27. The second-order valence-corrected chi connectivity index (χ2v) is 7.19. The minimum Gasteiger partial charge on any atom is -0.368 e. The second kappa shape index (κ2) is 9.12. The molecule has 7 heteroatoms. The zero-order chi connectivity index (χ0) is 18.4. The summed E-state index contributed by atoms with van der Waals surface area (Å²) in [6.07, 6.45) is 2.07. The number of guanidine groups is 1. The average molecular weight is 378 g/mol. The van der Waals surface area contributed by atoms with Crippen molar-refractivity contribution in [1.82, 2.24) is 15.5 Å². The first-order chi connectivity index (χ1) is 12.7. The van der Waals surface area contributed by atoms with Crippen LogP contribution in [0.2, 0.25) is 5.02 Å². The maximum atomic E-state index is 11.7. The Morgan fingerprint density at radius 2 is 2.00 bits per heavy atom. The van der Waals surface area contributed by atoms with Crippen LogP contribution in [0.25, 0.3) is 0 Å². The van der Waals surface area contributed by atoms with Crippen LogP contribution in [0.5, 0.6) is 0 Å². The van der Waals surface area contributed by atoms with E-state index in [1.54, 1.807) is 0 Å². The molecule has 1 heterocycles. The van der Waals surface area contributed by atoms with Crippen LogP contribution in [-0.4, -0.2) is 62.6 Å². The summed E-state index contributed by atoms with van der Waals surface area (Å²) in [7, 11) is 0. The van der Waals surface area contributed by atoms with Crippen molar-refractivity contribution in [2.24, 2.45) is 10.9 Å². The number of carbonyl (C=O) groups is 1. The van der Waals surface area contributed by atoms with Crippen molar-refractivity contribution in [1.29, 1.82) is 0 Å². The van der Waals surface area contributed by atoms with E-state index in [9.17, 15) is 4.79 Å². The van der Waals surface area contributed by atoms with Gasteiger partial charge in [-0.05, 0) is 38.0 Å². The number of halogens is 1. The van der Waals surface area contributed by atoms with E-state index in [2.05, 4.69) is 38.4 Å². The molecule has 1 saturated heterocycles. The number of aliphatic imine (C=N–C) groups is 1. The molecule has 26 heavy (non-hydrogen) atoms. The minimum absolute atomic E-state index is 0.181. The molecule has 0 spiro atoms. The Balaban J connectivity index is 1.49. The molecular weight excluding hydrogens is 350 g/mol. The number of nitrogens with zero attached hydrogens (tertiary/aromatic N) is 3. The van der Waals surface area contributed by atoms with Gasteiger partial charge in [0.2, 0.25) is 5.91 Å². The van der Waals surface area contributed by atoms with Gasteiger partial charge in [-0.15, -0.1) is 0 Å². The molecule has 0 unspecified atom stereocenters. The number of hydrogen-bond donors (Lipinski definition) is 2. The quantitative estimate of drug-likeness (QED) is 0.452. The van der Waals surface area contributed by atoms with E-state index in [1.807, 2.05) is 18.2 Å². The fraction of sp³-hybridized carbons (Fsp3) is 0.579. The number of carbonyl (C=O) groups excluding carboxylic acids is 1. The van der Waals surface area contributed by atoms with Crippen molar-refractivity contribution in [3.05, 3.63) is 29.3 Å². The van der Waals surface area contributed by atoms with Crippen LogP contribution in [0, 0.1) is 5.92 Å². The van der Waals surface area contributed by atoms with Gasteiger partial charge in [0.1, 0.15) is 0 Å². The maximum Gasteiger partial charge on any atom is 0.223 e. The molecule has 1 aromatic carbocycles. The Morgan fingerprint density at radius 3 is 2.65 bits per heavy atom. The lowest BCUT2D eigenvalue weighted by atomic mass is 10.2. The highest BCUT2D eigenvalue weighted by Gasteiger charge is 2.29. The molecular formula is C19H28ClN5O. The van der Waals surface area contributed by atoms with E-state index in [0.717, 1.165) is 56.5 Å². The van der Waals surface area contributed by atoms with E-state index in [-0.39, 0.29) is 11.8 Å². The van der Waals surface area contributed by atoms with Gasteiger partial charge in [0.15, 0.2) is 5.96 Å². The Labute approximate surface area is 160 Å². The average Bonchev–Trinajstić information content (AvgIpc) is 3.49. The summed E-state index contributed by atoms with van der Waals surface area (Å²) in [5.41, 5.74) is 1.17. The summed E-state index contributed by atoms with van der Waals surface area (Å²) in [6, 6.07) is 8.01. The summed E-state index contributed by atoms with van der Waals surface area (Å²) >= 11 is 6.10. The van der Waals surface area contributed by atoms with E-state index < -0.39 is 0 Å². The number of piperazine rings is 1. The van der Waals surface area contributed by atoms with Gasteiger partial charge in [0.05, 0.1) is 6.54 Å². The van der Waals surface area contributed by atoms with Gasteiger partial charge in [0, 0.05) is 55.9 Å². The predicted octanol–water partition coefficient (Wildman–Crippen LogP) is 1.95. The van der Waals surface area contributed by atoms with Crippen LogP contribution in [0.3, 0.4) is 0 Å². The molecule has 0 radical (unpaired) electrons. The first kappa shape index (κ1) is 18.8. The highest BCUT2D eigenvalue weighted by Crippen LogP contribution is 2.28. The molecule has 6 nitrogen and oxygen atoms in total. The number of nitrogens with one attached hydrogen (secondary N) is 2. The smallest absolute Gasteiger partial charge is 0.223 e. The summed E-state index contributed by atoms with van der Waals surface area (Å²) in [4.78, 5) is 21.0. The van der Waals surface area contributed by atoms with Gasteiger partial charge in [-0.1, -0.05) is 17.7 Å². The summed E-state index contributed by atoms with van der Waals surface area (Å²) in [6.45, 7) is 7.81. The Morgan fingerprint density at radius 1 is 1.23 bits per heavy atom.